The number of nitrogens with one attached hydrogen (secondary N) is 1. The number of ether oxygens (including phenoxy) is 1. The van der Waals surface area contributed by atoms with E-state index in [1.54, 1.807) is 12.1 Å². The lowest BCUT2D eigenvalue weighted by Gasteiger charge is -2.08. The minimum atomic E-state index is -0.611. The second kappa shape index (κ2) is 6.24. The third-order valence-electron chi connectivity index (χ3n) is 2.60. The van der Waals surface area contributed by atoms with Crippen molar-refractivity contribution in [1.82, 2.24) is 10.3 Å². The highest BCUT2D eigenvalue weighted by Crippen LogP contribution is 2.16. The summed E-state index contributed by atoms with van der Waals surface area (Å²) >= 11 is 0. The summed E-state index contributed by atoms with van der Waals surface area (Å²) in [6, 6.07) is 7.25. The van der Waals surface area contributed by atoms with E-state index in [2.05, 4.69) is 10.3 Å². The summed E-state index contributed by atoms with van der Waals surface area (Å²) in [5.41, 5.74) is 0.786. The highest BCUT2D eigenvalue weighted by Gasteiger charge is 2.09. The van der Waals surface area contributed by atoms with Gasteiger partial charge in [0.1, 0.15) is 24.0 Å². The molecule has 0 amide bonds. The van der Waals surface area contributed by atoms with E-state index in [1.165, 1.54) is 24.4 Å². The van der Waals surface area contributed by atoms with Crippen LogP contribution in [-0.4, -0.2) is 12.0 Å². The van der Waals surface area contributed by atoms with Gasteiger partial charge in [-0.25, -0.2) is 8.78 Å². The van der Waals surface area contributed by atoms with Gasteiger partial charge in [0.25, 0.3) is 0 Å². The van der Waals surface area contributed by atoms with Gasteiger partial charge in [-0.1, -0.05) is 6.07 Å². The molecule has 1 heterocycles. The van der Waals surface area contributed by atoms with Gasteiger partial charge in [-0.15, -0.1) is 0 Å². The molecule has 0 unspecified atom stereocenters. The van der Waals surface area contributed by atoms with E-state index >= 15 is 0 Å². The lowest BCUT2D eigenvalue weighted by atomic mass is 10.2. The molecule has 0 saturated carbocycles. The first-order valence-corrected chi connectivity index (χ1v) is 5.86. The molecule has 0 spiro atoms. The molecule has 0 aliphatic heterocycles. The lowest BCUT2D eigenvalue weighted by Crippen LogP contribution is -2.07. The standard InChI is InChI=1S/C14H14F2N2O/c1-17-7-10-5-6-11(8-18-10)19-9-12-13(15)3-2-4-14(12)16/h2-6,8,17H,7,9H2,1H3. The first-order valence-electron chi connectivity index (χ1n) is 5.86. The van der Waals surface area contributed by atoms with Crippen molar-refractivity contribution < 1.29 is 13.5 Å². The van der Waals surface area contributed by atoms with E-state index in [-0.39, 0.29) is 12.2 Å². The van der Waals surface area contributed by atoms with E-state index in [0.29, 0.717) is 12.3 Å². The summed E-state index contributed by atoms with van der Waals surface area (Å²) in [4.78, 5) is 4.15. The Labute approximate surface area is 110 Å². The highest BCUT2D eigenvalue weighted by atomic mass is 19.1. The molecule has 0 atom stereocenters. The molecule has 0 bridgehead atoms. The van der Waals surface area contributed by atoms with Gasteiger partial charge in [0, 0.05) is 6.54 Å². The molecule has 1 aromatic heterocycles. The van der Waals surface area contributed by atoms with Gasteiger partial charge in [-0.2, -0.15) is 0 Å². The second-order valence-corrected chi connectivity index (χ2v) is 4.00. The number of hydrogen-bond donors (Lipinski definition) is 1. The molecule has 1 N–H and O–H groups in total. The highest BCUT2D eigenvalue weighted by molar-refractivity contribution is 5.22. The number of hydrogen-bond acceptors (Lipinski definition) is 3. The summed E-state index contributed by atoms with van der Waals surface area (Å²) in [6.45, 7) is 0.494. The van der Waals surface area contributed by atoms with Gasteiger partial charge >= 0.3 is 0 Å². The molecule has 5 heteroatoms. The van der Waals surface area contributed by atoms with Gasteiger partial charge in [-0.05, 0) is 31.3 Å². The zero-order chi connectivity index (χ0) is 13.7. The van der Waals surface area contributed by atoms with Crippen LogP contribution in [-0.2, 0) is 13.2 Å². The van der Waals surface area contributed by atoms with Crippen molar-refractivity contribution in [3.63, 3.8) is 0 Å². The van der Waals surface area contributed by atoms with Crippen LogP contribution in [0.5, 0.6) is 5.75 Å². The van der Waals surface area contributed by atoms with E-state index in [4.69, 9.17) is 4.74 Å². The third-order valence-corrected chi connectivity index (χ3v) is 2.60. The molecule has 1 aromatic carbocycles. The van der Waals surface area contributed by atoms with Crippen LogP contribution in [0.15, 0.2) is 36.5 Å². The minimum Gasteiger partial charge on any atom is -0.487 e. The number of benzene rings is 1. The SMILES string of the molecule is CNCc1ccc(OCc2c(F)cccc2F)cn1. The predicted molar refractivity (Wildman–Crippen MR) is 67.7 cm³/mol. The number of rotatable bonds is 5. The summed E-state index contributed by atoms with van der Waals surface area (Å²) < 4.78 is 32.1. The summed E-state index contributed by atoms with van der Waals surface area (Å²) in [6.07, 6.45) is 1.53. The van der Waals surface area contributed by atoms with Gasteiger partial charge in [0.05, 0.1) is 17.5 Å². The van der Waals surface area contributed by atoms with Crippen molar-refractivity contribution in [2.45, 2.75) is 13.2 Å². The quantitative estimate of drug-likeness (QED) is 0.901. The normalized spacial score (nSPS) is 10.5. The first kappa shape index (κ1) is 13.4. The molecule has 19 heavy (non-hydrogen) atoms. The minimum absolute atomic E-state index is 0.0817. The first-order chi connectivity index (χ1) is 9.20. The van der Waals surface area contributed by atoms with Crippen LogP contribution in [0.4, 0.5) is 8.78 Å². The molecule has 0 fully saturated rings. The monoisotopic (exact) mass is 264 g/mol. The van der Waals surface area contributed by atoms with Crippen LogP contribution in [0.2, 0.25) is 0 Å². The Kier molecular flexibility index (Phi) is 4.41. The lowest BCUT2D eigenvalue weighted by molar-refractivity contribution is 0.291. The Morgan fingerprint density at radius 1 is 1.16 bits per heavy atom. The maximum atomic E-state index is 13.4. The van der Waals surface area contributed by atoms with E-state index < -0.39 is 11.6 Å². The fourth-order valence-electron chi connectivity index (χ4n) is 1.61. The van der Waals surface area contributed by atoms with Crippen LogP contribution in [0, 0.1) is 11.6 Å². The molecule has 0 radical (unpaired) electrons. The topological polar surface area (TPSA) is 34.1 Å². The molecule has 0 saturated heterocycles. The molecular weight excluding hydrogens is 250 g/mol. The molecular formula is C14H14F2N2O. The van der Waals surface area contributed by atoms with Gasteiger partial charge in [0.15, 0.2) is 0 Å². The number of aromatic nitrogens is 1. The smallest absolute Gasteiger partial charge is 0.138 e. The van der Waals surface area contributed by atoms with Crippen molar-refractivity contribution in [3.05, 3.63) is 59.4 Å². The molecule has 0 aliphatic rings. The van der Waals surface area contributed by atoms with Crippen LogP contribution in [0.3, 0.4) is 0 Å². The Bertz CT molecular complexity index is 523. The van der Waals surface area contributed by atoms with Crippen molar-refractivity contribution in [2.75, 3.05) is 7.05 Å². The van der Waals surface area contributed by atoms with Crippen molar-refractivity contribution >= 4 is 0 Å². The van der Waals surface area contributed by atoms with Crippen molar-refractivity contribution in [2.24, 2.45) is 0 Å². The zero-order valence-corrected chi connectivity index (χ0v) is 10.5. The van der Waals surface area contributed by atoms with Gasteiger partial charge in [0.2, 0.25) is 0 Å². The Morgan fingerprint density at radius 3 is 2.47 bits per heavy atom. The third kappa shape index (κ3) is 3.48. The van der Waals surface area contributed by atoms with Crippen molar-refractivity contribution in [1.29, 1.82) is 0 Å². The molecule has 100 valence electrons. The van der Waals surface area contributed by atoms with E-state index in [9.17, 15) is 8.78 Å². The van der Waals surface area contributed by atoms with Gasteiger partial charge in [-0.3, -0.25) is 4.98 Å². The molecule has 2 rings (SSSR count). The maximum absolute atomic E-state index is 13.4. The Hall–Kier alpha value is -2.01. The average molecular weight is 264 g/mol. The van der Waals surface area contributed by atoms with Crippen LogP contribution in [0.1, 0.15) is 11.3 Å². The molecule has 0 aliphatic carbocycles. The fraction of sp³-hybridized carbons (Fsp3) is 0.214. The predicted octanol–water partition coefficient (Wildman–Crippen LogP) is 2.66. The van der Waals surface area contributed by atoms with E-state index in [0.717, 1.165) is 5.69 Å². The fourth-order valence-corrected chi connectivity index (χ4v) is 1.61. The molecule has 2 aromatic rings. The zero-order valence-electron chi connectivity index (χ0n) is 10.5. The summed E-state index contributed by atoms with van der Waals surface area (Å²) in [7, 11) is 1.83. The Morgan fingerprint density at radius 2 is 1.89 bits per heavy atom. The number of nitrogens with zero attached hydrogens (tertiary/aromatic N) is 1. The number of halogens is 2. The van der Waals surface area contributed by atoms with Gasteiger partial charge < -0.3 is 10.1 Å². The summed E-state index contributed by atoms with van der Waals surface area (Å²) in [5.74, 6) is -0.748. The van der Waals surface area contributed by atoms with E-state index in [1.807, 2.05) is 7.05 Å². The summed E-state index contributed by atoms with van der Waals surface area (Å²) in [5, 5.41) is 2.97. The maximum Gasteiger partial charge on any atom is 0.138 e. The van der Waals surface area contributed by atoms with Crippen LogP contribution >= 0.6 is 0 Å². The molecule has 3 nitrogen and oxygen atoms in total. The number of pyridine rings is 1. The average Bonchev–Trinajstić information content (AvgIpc) is 2.40. The van der Waals surface area contributed by atoms with Crippen molar-refractivity contribution in [3.8, 4) is 5.75 Å². The van der Waals surface area contributed by atoms with Crippen LogP contribution < -0.4 is 10.1 Å². The van der Waals surface area contributed by atoms with Crippen LogP contribution in [0.25, 0.3) is 0 Å². The largest absolute Gasteiger partial charge is 0.487 e. The second-order valence-electron chi connectivity index (χ2n) is 4.00. The Balaban J connectivity index is 2.02.